The highest BCUT2D eigenvalue weighted by Gasteiger charge is 2.13. The molecular weight excluding hydrogens is 292 g/mol. The number of hydrogen-bond donors (Lipinski definition) is 1. The van der Waals surface area contributed by atoms with Crippen LogP contribution in [0, 0.1) is 11.3 Å². The summed E-state index contributed by atoms with van der Waals surface area (Å²) >= 11 is 6.25. The zero-order valence-corrected chi connectivity index (χ0v) is 12.5. The van der Waals surface area contributed by atoms with Crippen LogP contribution in [0.25, 0.3) is 6.08 Å². The van der Waals surface area contributed by atoms with Crippen molar-refractivity contribution in [3.05, 3.63) is 34.9 Å². The van der Waals surface area contributed by atoms with E-state index in [-0.39, 0.29) is 0 Å². The van der Waals surface area contributed by atoms with Gasteiger partial charge in [0.15, 0.2) is 0 Å². The fourth-order valence-electron chi connectivity index (χ4n) is 1.88. The molecule has 112 valence electrons. The van der Waals surface area contributed by atoms with Crippen LogP contribution in [-0.4, -0.2) is 37.9 Å². The first-order valence-corrected chi connectivity index (χ1v) is 6.78. The largest absolute Gasteiger partial charge is 0.478 e. The second-order valence-corrected chi connectivity index (χ2v) is 4.64. The van der Waals surface area contributed by atoms with Crippen molar-refractivity contribution in [3.63, 3.8) is 0 Å². The van der Waals surface area contributed by atoms with E-state index in [4.69, 9.17) is 26.7 Å². The summed E-state index contributed by atoms with van der Waals surface area (Å²) in [4.78, 5) is 12.6. The third-order valence-electron chi connectivity index (χ3n) is 2.80. The van der Waals surface area contributed by atoms with Gasteiger partial charge in [0.2, 0.25) is 0 Å². The number of anilines is 1. The summed E-state index contributed by atoms with van der Waals surface area (Å²) in [5.41, 5.74) is 1.41. The number of methoxy groups -OCH3 is 1. The van der Waals surface area contributed by atoms with Crippen LogP contribution in [0.15, 0.2) is 24.3 Å². The molecular formula is C15H17ClN2O3. The maximum atomic E-state index is 10.7. The van der Waals surface area contributed by atoms with E-state index in [2.05, 4.69) is 6.07 Å². The van der Waals surface area contributed by atoms with Crippen LogP contribution < -0.4 is 4.90 Å². The van der Waals surface area contributed by atoms with Crippen molar-refractivity contribution in [2.45, 2.75) is 6.42 Å². The standard InChI is InChI=1S/C15H17ClN2O3/c1-21-11-10-18(9-3-8-17)15-12(6-7-14(19)20)4-2-5-13(15)16/h2,4-7H,3,9-11H2,1H3,(H,19,20)/b7-6+. The van der Waals surface area contributed by atoms with Gasteiger partial charge in [-0.1, -0.05) is 23.7 Å². The van der Waals surface area contributed by atoms with Crippen molar-refractivity contribution in [3.8, 4) is 6.07 Å². The first-order chi connectivity index (χ1) is 10.1. The Balaban J connectivity index is 3.14. The van der Waals surface area contributed by atoms with E-state index in [1.165, 1.54) is 6.08 Å². The third-order valence-corrected chi connectivity index (χ3v) is 3.10. The highest BCUT2D eigenvalue weighted by atomic mass is 35.5. The van der Waals surface area contributed by atoms with Crippen molar-refractivity contribution >= 4 is 29.3 Å². The number of rotatable bonds is 8. The molecule has 0 unspecified atom stereocenters. The monoisotopic (exact) mass is 308 g/mol. The van der Waals surface area contributed by atoms with Gasteiger partial charge in [-0.05, 0) is 17.7 Å². The lowest BCUT2D eigenvalue weighted by Gasteiger charge is -2.26. The normalized spacial score (nSPS) is 10.5. The lowest BCUT2D eigenvalue weighted by Crippen LogP contribution is -2.29. The summed E-state index contributed by atoms with van der Waals surface area (Å²) in [5.74, 6) is -1.03. The number of carbonyl (C=O) groups is 1. The Kier molecular flexibility index (Phi) is 7.30. The molecule has 0 radical (unpaired) electrons. The van der Waals surface area contributed by atoms with Crippen molar-refractivity contribution in [2.75, 3.05) is 31.7 Å². The summed E-state index contributed by atoms with van der Waals surface area (Å²) < 4.78 is 5.07. The van der Waals surface area contributed by atoms with E-state index in [1.807, 2.05) is 4.90 Å². The van der Waals surface area contributed by atoms with Gasteiger partial charge in [0.05, 0.1) is 29.8 Å². The Morgan fingerprint density at radius 3 is 2.90 bits per heavy atom. The number of nitrogens with zero attached hydrogens (tertiary/aromatic N) is 2. The molecule has 1 N–H and O–H groups in total. The molecule has 5 nitrogen and oxygen atoms in total. The number of nitriles is 1. The molecule has 1 aromatic carbocycles. The van der Waals surface area contributed by atoms with Gasteiger partial charge in [0, 0.05) is 26.3 Å². The fourth-order valence-corrected chi connectivity index (χ4v) is 2.18. The summed E-state index contributed by atoms with van der Waals surface area (Å²) in [6, 6.07) is 7.37. The van der Waals surface area contributed by atoms with Gasteiger partial charge in [0.25, 0.3) is 0 Å². The predicted molar refractivity (Wildman–Crippen MR) is 82.4 cm³/mol. The second kappa shape index (κ2) is 9.01. The van der Waals surface area contributed by atoms with Crippen molar-refractivity contribution in [1.29, 1.82) is 5.26 Å². The summed E-state index contributed by atoms with van der Waals surface area (Å²) in [6.45, 7) is 1.55. The van der Waals surface area contributed by atoms with Gasteiger partial charge in [0.1, 0.15) is 0 Å². The number of carboxylic acids is 1. The van der Waals surface area contributed by atoms with Crippen molar-refractivity contribution < 1.29 is 14.6 Å². The van der Waals surface area contributed by atoms with Gasteiger partial charge < -0.3 is 14.7 Å². The Labute approximate surface area is 129 Å². The topological polar surface area (TPSA) is 73.6 Å². The maximum Gasteiger partial charge on any atom is 0.328 e. The summed E-state index contributed by atoms with van der Waals surface area (Å²) in [7, 11) is 1.60. The number of aliphatic carboxylic acids is 1. The molecule has 0 amide bonds. The predicted octanol–water partition coefficient (Wildman–Crippen LogP) is 2.80. The Morgan fingerprint density at radius 2 is 2.29 bits per heavy atom. The second-order valence-electron chi connectivity index (χ2n) is 4.24. The zero-order chi connectivity index (χ0) is 15.7. The Bertz CT molecular complexity index is 552. The van der Waals surface area contributed by atoms with Crippen molar-refractivity contribution in [1.82, 2.24) is 0 Å². The van der Waals surface area contributed by atoms with Crippen LogP contribution >= 0.6 is 11.6 Å². The number of benzene rings is 1. The number of carboxylic acid groups (broad SMARTS) is 1. The van der Waals surface area contributed by atoms with Gasteiger partial charge in [-0.3, -0.25) is 0 Å². The molecule has 0 aliphatic heterocycles. The molecule has 0 saturated carbocycles. The molecule has 0 fully saturated rings. The molecule has 0 spiro atoms. The van der Waals surface area contributed by atoms with E-state index in [1.54, 1.807) is 25.3 Å². The SMILES string of the molecule is COCCN(CCC#N)c1c(Cl)cccc1/C=C/C(=O)O. The minimum atomic E-state index is -1.03. The molecule has 0 saturated heterocycles. The van der Waals surface area contributed by atoms with E-state index >= 15 is 0 Å². The molecule has 21 heavy (non-hydrogen) atoms. The first kappa shape index (κ1) is 17.0. The van der Waals surface area contributed by atoms with Gasteiger partial charge in [-0.15, -0.1) is 0 Å². The van der Waals surface area contributed by atoms with Crippen LogP contribution in [0.4, 0.5) is 5.69 Å². The van der Waals surface area contributed by atoms with Crippen LogP contribution in [-0.2, 0) is 9.53 Å². The lowest BCUT2D eigenvalue weighted by atomic mass is 10.1. The summed E-state index contributed by atoms with van der Waals surface area (Å²) in [6.07, 6.45) is 2.90. The van der Waals surface area contributed by atoms with Crippen LogP contribution in [0.3, 0.4) is 0 Å². The molecule has 0 atom stereocenters. The molecule has 0 aliphatic carbocycles. The molecule has 0 heterocycles. The van der Waals surface area contributed by atoms with Crippen LogP contribution in [0.1, 0.15) is 12.0 Å². The molecule has 6 heteroatoms. The van der Waals surface area contributed by atoms with E-state index in [9.17, 15) is 4.79 Å². The van der Waals surface area contributed by atoms with Crippen molar-refractivity contribution in [2.24, 2.45) is 0 Å². The fraction of sp³-hybridized carbons (Fsp3) is 0.333. The van der Waals surface area contributed by atoms with E-state index in [0.717, 1.165) is 6.08 Å². The first-order valence-electron chi connectivity index (χ1n) is 6.40. The smallest absolute Gasteiger partial charge is 0.328 e. The van der Waals surface area contributed by atoms with Gasteiger partial charge >= 0.3 is 5.97 Å². The molecule has 1 aromatic rings. The number of hydrogen-bond acceptors (Lipinski definition) is 4. The Hall–Kier alpha value is -2.03. The molecule has 0 aliphatic rings. The van der Waals surface area contributed by atoms with Gasteiger partial charge in [-0.2, -0.15) is 5.26 Å². The lowest BCUT2D eigenvalue weighted by molar-refractivity contribution is -0.131. The quantitative estimate of drug-likeness (QED) is 0.748. The number of ether oxygens (including phenoxy) is 1. The molecule has 1 rings (SSSR count). The average Bonchev–Trinajstić information content (AvgIpc) is 2.46. The minimum absolute atomic E-state index is 0.344. The zero-order valence-electron chi connectivity index (χ0n) is 11.8. The van der Waals surface area contributed by atoms with Gasteiger partial charge in [-0.25, -0.2) is 4.79 Å². The minimum Gasteiger partial charge on any atom is -0.478 e. The van der Waals surface area contributed by atoms with Crippen LogP contribution in [0.2, 0.25) is 5.02 Å². The van der Waals surface area contributed by atoms with Crippen LogP contribution in [0.5, 0.6) is 0 Å². The Morgan fingerprint density at radius 1 is 1.52 bits per heavy atom. The van der Waals surface area contributed by atoms with E-state index in [0.29, 0.717) is 42.4 Å². The molecule has 0 aromatic heterocycles. The highest BCUT2D eigenvalue weighted by Crippen LogP contribution is 2.31. The summed E-state index contributed by atoms with van der Waals surface area (Å²) in [5, 5.41) is 18.0. The number of para-hydroxylation sites is 1. The van der Waals surface area contributed by atoms with E-state index < -0.39 is 5.97 Å². The third kappa shape index (κ3) is 5.46. The average molecular weight is 309 g/mol. The maximum absolute atomic E-state index is 10.7. The number of halogens is 1. The highest BCUT2D eigenvalue weighted by molar-refractivity contribution is 6.33. The molecule has 0 bridgehead atoms.